The van der Waals surface area contributed by atoms with Gasteiger partial charge in [-0.2, -0.15) is 0 Å². The number of carbonyl (C=O) groups is 2. The molecule has 0 aromatic rings. The lowest BCUT2D eigenvalue weighted by molar-refractivity contribution is -0.304. The predicted octanol–water partition coefficient (Wildman–Crippen LogP) is 0.692. The maximum atomic E-state index is 10.9. The lowest BCUT2D eigenvalue weighted by Crippen LogP contribution is -2.16. The number of carbonyl (C=O) groups excluding carboxylic acids is 1. The zero-order chi connectivity index (χ0) is 10.4. The number of alkyl halides is 3. The zero-order valence-corrected chi connectivity index (χ0v) is 5.88. The second-order valence-electron chi connectivity index (χ2n) is 1.38. The number of esters is 1. The summed E-state index contributed by atoms with van der Waals surface area (Å²) in [5, 5.41) is 7.19. The number of amides is 1. The molecule has 5 nitrogen and oxygen atoms in total. The van der Waals surface area contributed by atoms with E-state index in [0.29, 0.717) is 6.92 Å². The van der Waals surface area contributed by atoms with Crippen molar-refractivity contribution in [2.24, 2.45) is 5.73 Å². The molecule has 0 saturated heterocycles. The number of nitrogens with two attached hydrogens (primary N) is 1. The lowest BCUT2D eigenvalue weighted by Gasteiger charge is -2.02. The molecule has 0 fully saturated rings. The van der Waals surface area contributed by atoms with Crippen molar-refractivity contribution in [1.82, 2.24) is 0 Å². The van der Waals surface area contributed by atoms with Gasteiger partial charge in [0.15, 0.2) is 0 Å². The topological polar surface area (TPSA) is 89.6 Å². The molecule has 0 atom stereocenters. The van der Waals surface area contributed by atoms with Gasteiger partial charge in [0.1, 0.15) is 0 Å². The van der Waals surface area contributed by atoms with E-state index in [-0.39, 0.29) is 0 Å². The maximum absolute atomic E-state index is 10.9. The maximum Gasteiger partial charge on any atom is 0.575 e. The number of hydrogen-bond donors (Lipinski definition) is 2. The predicted molar refractivity (Wildman–Crippen MR) is 30.0 cm³/mol. The van der Waals surface area contributed by atoms with Crippen molar-refractivity contribution in [1.29, 1.82) is 0 Å². The number of primary amides is 1. The Bertz CT molecular complexity index is 162. The zero-order valence-electron chi connectivity index (χ0n) is 5.88. The summed E-state index contributed by atoms with van der Waals surface area (Å²) in [7, 11) is 0. The number of ether oxygens (including phenoxy) is 1. The molecule has 0 rings (SSSR count). The van der Waals surface area contributed by atoms with Crippen LogP contribution in [-0.2, 0) is 9.53 Å². The van der Waals surface area contributed by atoms with Crippen molar-refractivity contribution in [2.45, 2.75) is 13.3 Å². The van der Waals surface area contributed by atoms with Crippen molar-refractivity contribution in [3.8, 4) is 0 Å². The van der Waals surface area contributed by atoms with Gasteiger partial charge in [0.25, 0.3) is 0 Å². The normalized spacial score (nSPS) is 9.33. The highest BCUT2D eigenvalue weighted by molar-refractivity contribution is 5.66. The minimum Gasteiger partial charge on any atom is -0.465 e. The third kappa shape index (κ3) is 38.8. The Morgan fingerprint density at radius 2 is 1.67 bits per heavy atom. The van der Waals surface area contributed by atoms with E-state index in [9.17, 15) is 18.0 Å². The third-order valence-corrected chi connectivity index (χ3v) is 0.259. The fraction of sp³-hybridized carbons (Fsp3) is 0.500. The molecule has 0 aromatic carbocycles. The molecule has 0 aliphatic rings. The van der Waals surface area contributed by atoms with Crippen molar-refractivity contribution in [2.75, 3.05) is 0 Å². The molecule has 0 radical (unpaired) electrons. The van der Waals surface area contributed by atoms with E-state index in [1.807, 2.05) is 0 Å². The van der Waals surface area contributed by atoms with Crippen molar-refractivity contribution < 1.29 is 32.6 Å². The largest absolute Gasteiger partial charge is 0.575 e. The summed E-state index contributed by atoms with van der Waals surface area (Å²) >= 11 is 0. The monoisotopic (exact) mass is 189 g/mol. The molecule has 0 bridgehead atoms. The summed E-state index contributed by atoms with van der Waals surface area (Å²) < 4.78 is 35.4. The van der Waals surface area contributed by atoms with Gasteiger partial charge in [0, 0.05) is 6.92 Å². The quantitative estimate of drug-likeness (QED) is 0.548. The molecule has 0 aliphatic carbocycles. The summed E-state index contributed by atoms with van der Waals surface area (Å²) in [5.41, 5.74) is 4.03. The molecule has 8 heteroatoms. The van der Waals surface area contributed by atoms with Crippen LogP contribution in [-0.4, -0.2) is 23.5 Å². The SMILES string of the molecule is CC(=O)OC(F)(F)F.NC(=O)O. The molecule has 0 aliphatic heterocycles. The lowest BCUT2D eigenvalue weighted by atomic mass is 10.8. The van der Waals surface area contributed by atoms with E-state index in [4.69, 9.17) is 9.90 Å². The first-order valence-corrected chi connectivity index (χ1v) is 2.40. The smallest absolute Gasteiger partial charge is 0.465 e. The summed E-state index contributed by atoms with van der Waals surface area (Å²) in [5.74, 6) is -1.35. The minimum atomic E-state index is -4.83. The van der Waals surface area contributed by atoms with E-state index in [0.717, 1.165) is 0 Å². The first-order chi connectivity index (χ1) is 5.15. The van der Waals surface area contributed by atoms with Gasteiger partial charge >= 0.3 is 18.4 Å². The van der Waals surface area contributed by atoms with Crippen molar-refractivity contribution in [3.05, 3.63) is 0 Å². The van der Waals surface area contributed by atoms with Crippen LogP contribution in [0.3, 0.4) is 0 Å². The molecular weight excluding hydrogens is 183 g/mol. The Hall–Kier alpha value is -1.47. The Kier molecular flexibility index (Phi) is 5.71. The standard InChI is InChI=1S/C3H3F3O2.CH3NO2/c1-2(7)8-3(4,5)6;2-1(3)4/h1H3;2H2,(H,3,4). The molecule has 0 spiro atoms. The second kappa shape index (κ2) is 5.22. The molecule has 12 heavy (non-hydrogen) atoms. The van der Waals surface area contributed by atoms with Crippen LogP contribution in [0.5, 0.6) is 0 Å². The van der Waals surface area contributed by atoms with Crippen molar-refractivity contribution in [3.63, 3.8) is 0 Å². The summed E-state index contributed by atoms with van der Waals surface area (Å²) in [6.07, 6.45) is -6.16. The Labute approximate surface area is 64.9 Å². The van der Waals surface area contributed by atoms with Gasteiger partial charge in [-0.15, -0.1) is 13.2 Å². The summed E-state index contributed by atoms with van der Waals surface area (Å²) in [4.78, 5) is 18.3. The van der Waals surface area contributed by atoms with Crippen molar-refractivity contribution >= 4 is 12.1 Å². The van der Waals surface area contributed by atoms with Gasteiger partial charge in [0.2, 0.25) is 0 Å². The van der Waals surface area contributed by atoms with E-state index >= 15 is 0 Å². The highest BCUT2D eigenvalue weighted by Crippen LogP contribution is 2.15. The van der Waals surface area contributed by atoms with Crippen LogP contribution in [0.2, 0.25) is 0 Å². The molecule has 0 heterocycles. The van der Waals surface area contributed by atoms with Gasteiger partial charge in [-0.3, -0.25) is 4.79 Å². The number of halogens is 3. The van der Waals surface area contributed by atoms with Crippen LogP contribution in [0.15, 0.2) is 0 Å². The van der Waals surface area contributed by atoms with E-state index in [1.165, 1.54) is 0 Å². The van der Waals surface area contributed by atoms with Crippen LogP contribution in [0, 0.1) is 0 Å². The Morgan fingerprint density at radius 1 is 1.42 bits per heavy atom. The fourth-order valence-corrected chi connectivity index (χ4v) is 0.163. The van der Waals surface area contributed by atoms with E-state index < -0.39 is 18.4 Å². The van der Waals surface area contributed by atoms with Gasteiger partial charge in [0.05, 0.1) is 0 Å². The molecule has 72 valence electrons. The highest BCUT2D eigenvalue weighted by atomic mass is 19.4. The van der Waals surface area contributed by atoms with E-state index in [2.05, 4.69) is 10.5 Å². The molecule has 1 amide bonds. The first-order valence-electron chi connectivity index (χ1n) is 2.40. The highest BCUT2D eigenvalue weighted by Gasteiger charge is 2.32. The number of carboxylic acid groups (broad SMARTS) is 1. The first kappa shape index (κ1) is 13.1. The summed E-state index contributed by atoms with van der Waals surface area (Å²) in [6, 6.07) is 0. The molecule has 0 unspecified atom stereocenters. The molecular formula is C4H6F3NO4. The third-order valence-electron chi connectivity index (χ3n) is 0.259. The van der Waals surface area contributed by atoms with Gasteiger partial charge < -0.3 is 15.6 Å². The van der Waals surface area contributed by atoms with Crippen LogP contribution in [0.25, 0.3) is 0 Å². The number of rotatable bonds is 0. The van der Waals surface area contributed by atoms with Gasteiger partial charge in [-0.25, -0.2) is 4.79 Å². The molecule has 0 saturated carbocycles. The van der Waals surface area contributed by atoms with Crippen LogP contribution >= 0.6 is 0 Å². The Morgan fingerprint density at radius 3 is 1.67 bits per heavy atom. The second-order valence-corrected chi connectivity index (χ2v) is 1.38. The van der Waals surface area contributed by atoms with Gasteiger partial charge in [-0.1, -0.05) is 0 Å². The van der Waals surface area contributed by atoms with Crippen LogP contribution in [0.1, 0.15) is 6.92 Å². The van der Waals surface area contributed by atoms with Crippen LogP contribution < -0.4 is 5.73 Å². The average molecular weight is 189 g/mol. The minimum absolute atomic E-state index is 0.688. The van der Waals surface area contributed by atoms with E-state index in [1.54, 1.807) is 0 Å². The van der Waals surface area contributed by atoms with Gasteiger partial charge in [-0.05, 0) is 0 Å². The Balaban J connectivity index is 0. The molecule has 0 aromatic heterocycles. The average Bonchev–Trinajstić information content (AvgIpc) is 1.52. The summed E-state index contributed by atoms with van der Waals surface area (Å²) in [6.45, 7) is 0.688. The number of hydrogen-bond acceptors (Lipinski definition) is 3. The molecule has 3 N–H and O–H groups in total. The fourth-order valence-electron chi connectivity index (χ4n) is 0.163. The van der Waals surface area contributed by atoms with Crippen LogP contribution in [0.4, 0.5) is 18.0 Å².